The maximum Gasteiger partial charge on any atom is 0.272 e. The molecule has 2 aromatic rings. The van der Waals surface area contributed by atoms with E-state index in [0.29, 0.717) is 22.8 Å². The van der Waals surface area contributed by atoms with Gasteiger partial charge in [-0.05, 0) is 30.3 Å². The summed E-state index contributed by atoms with van der Waals surface area (Å²) in [6, 6.07) is 9.90. The Bertz CT molecular complexity index is 704. The minimum atomic E-state index is -0.359. The van der Waals surface area contributed by atoms with Gasteiger partial charge in [-0.25, -0.2) is 0 Å². The maximum atomic E-state index is 12.0. The Kier molecular flexibility index (Phi) is 4.18. The number of benzene rings is 1. The number of anilines is 2. The molecular formula is C15H15N3O3. The lowest BCUT2D eigenvalue weighted by molar-refractivity contribution is -0.114. The predicted octanol–water partition coefficient (Wildman–Crippen LogP) is 2.43. The molecule has 2 rings (SSSR count). The molecule has 2 amide bonds. The third-order valence-corrected chi connectivity index (χ3v) is 2.75. The van der Waals surface area contributed by atoms with Crippen LogP contribution in [0.2, 0.25) is 0 Å². The monoisotopic (exact) mass is 285 g/mol. The van der Waals surface area contributed by atoms with E-state index in [0.717, 1.165) is 0 Å². The second-order valence-electron chi connectivity index (χ2n) is 4.56. The first-order chi connectivity index (χ1) is 9.95. The van der Waals surface area contributed by atoms with E-state index >= 15 is 0 Å². The van der Waals surface area contributed by atoms with Crippen LogP contribution in [0, 0.1) is 0 Å². The van der Waals surface area contributed by atoms with Crippen LogP contribution in [-0.2, 0) is 4.79 Å². The number of hydrogen-bond acceptors (Lipinski definition) is 3. The van der Waals surface area contributed by atoms with E-state index in [1.165, 1.54) is 13.8 Å². The van der Waals surface area contributed by atoms with Crippen molar-refractivity contribution in [2.24, 2.45) is 0 Å². The number of aromatic nitrogens is 1. The third-order valence-electron chi connectivity index (χ3n) is 2.75. The summed E-state index contributed by atoms with van der Waals surface area (Å²) in [5, 5.41) is 5.33. The highest BCUT2D eigenvalue weighted by Gasteiger charge is 2.10. The average molecular weight is 285 g/mol. The van der Waals surface area contributed by atoms with Crippen LogP contribution >= 0.6 is 0 Å². The number of carbonyl (C=O) groups excluding carboxylic acids is 3. The Morgan fingerprint density at radius 3 is 2.10 bits per heavy atom. The number of ketones is 1. The first-order valence-electron chi connectivity index (χ1n) is 6.34. The van der Waals surface area contributed by atoms with Gasteiger partial charge in [-0.2, -0.15) is 0 Å². The second kappa shape index (κ2) is 6.04. The highest BCUT2D eigenvalue weighted by Crippen LogP contribution is 2.16. The minimum absolute atomic E-state index is 0.137. The van der Waals surface area contributed by atoms with Crippen LogP contribution in [0.25, 0.3) is 0 Å². The van der Waals surface area contributed by atoms with Gasteiger partial charge in [0, 0.05) is 25.2 Å². The number of amides is 2. The standard InChI is InChI=1S/C15H15N3O3/c1-9(19)13-6-7-14(18-13)15(21)17-12-5-3-4-11(8-12)16-10(2)20/h3-8,18H,1-2H3,(H,16,20)(H,17,21). The summed E-state index contributed by atoms with van der Waals surface area (Å²) < 4.78 is 0. The van der Waals surface area contributed by atoms with E-state index in [4.69, 9.17) is 0 Å². The van der Waals surface area contributed by atoms with Crippen molar-refractivity contribution < 1.29 is 14.4 Å². The van der Waals surface area contributed by atoms with Crippen LogP contribution in [-0.4, -0.2) is 22.6 Å². The van der Waals surface area contributed by atoms with Crippen LogP contribution in [0.4, 0.5) is 11.4 Å². The van der Waals surface area contributed by atoms with Gasteiger partial charge in [0.05, 0.1) is 5.69 Å². The zero-order chi connectivity index (χ0) is 15.4. The van der Waals surface area contributed by atoms with E-state index in [2.05, 4.69) is 15.6 Å². The fraction of sp³-hybridized carbons (Fsp3) is 0.133. The Morgan fingerprint density at radius 1 is 0.905 bits per heavy atom. The van der Waals surface area contributed by atoms with Gasteiger partial charge in [-0.15, -0.1) is 0 Å². The Balaban J connectivity index is 2.11. The molecule has 0 aliphatic rings. The van der Waals surface area contributed by atoms with Crippen molar-refractivity contribution in [3.63, 3.8) is 0 Å². The molecule has 3 N–H and O–H groups in total. The molecule has 0 saturated heterocycles. The van der Waals surface area contributed by atoms with Gasteiger partial charge in [0.15, 0.2) is 5.78 Å². The average Bonchev–Trinajstić information content (AvgIpc) is 2.88. The van der Waals surface area contributed by atoms with Gasteiger partial charge < -0.3 is 15.6 Å². The molecule has 0 aliphatic heterocycles. The molecule has 0 unspecified atom stereocenters. The Morgan fingerprint density at radius 2 is 1.52 bits per heavy atom. The van der Waals surface area contributed by atoms with Gasteiger partial charge in [-0.3, -0.25) is 14.4 Å². The lowest BCUT2D eigenvalue weighted by Crippen LogP contribution is -2.13. The number of aromatic amines is 1. The van der Waals surface area contributed by atoms with Crippen LogP contribution in [0.3, 0.4) is 0 Å². The quantitative estimate of drug-likeness (QED) is 0.753. The van der Waals surface area contributed by atoms with Crippen LogP contribution < -0.4 is 10.6 Å². The number of nitrogens with one attached hydrogen (secondary N) is 3. The van der Waals surface area contributed by atoms with Crippen LogP contribution in [0.1, 0.15) is 34.8 Å². The van der Waals surface area contributed by atoms with Gasteiger partial charge >= 0.3 is 0 Å². The highest BCUT2D eigenvalue weighted by molar-refractivity contribution is 6.04. The molecule has 0 fully saturated rings. The van der Waals surface area contributed by atoms with Crippen molar-refractivity contribution in [3.05, 3.63) is 47.8 Å². The van der Waals surface area contributed by atoms with Crippen molar-refractivity contribution >= 4 is 29.0 Å². The highest BCUT2D eigenvalue weighted by atomic mass is 16.2. The molecule has 0 saturated carbocycles. The summed E-state index contributed by atoms with van der Waals surface area (Å²) in [6.07, 6.45) is 0. The van der Waals surface area contributed by atoms with Crippen LogP contribution in [0.5, 0.6) is 0 Å². The van der Waals surface area contributed by atoms with E-state index in [-0.39, 0.29) is 17.6 Å². The lowest BCUT2D eigenvalue weighted by atomic mass is 10.2. The zero-order valence-corrected chi connectivity index (χ0v) is 11.7. The molecule has 6 nitrogen and oxygen atoms in total. The fourth-order valence-corrected chi connectivity index (χ4v) is 1.81. The summed E-state index contributed by atoms with van der Waals surface area (Å²) >= 11 is 0. The van der Waals surface area contributed by atoms with Gasteiger partial charge in [0.2, 0.25) is 5.91 Å². The molecule has 0 aliphatic carbocycles. The molecule has 0 spiro atoms. The minimum Gasteiger partial charge on any atom is -0.348 e. The molecule has 1 heterocycles. The van der Waals surface area contributed by atoms with Crippen molar-refractivity contribution in [1.82, 2.24) is 4.98 Å². The van der Waals surface area contributed by atoms with Gasteiger partial charge in [0.25, 0.3) is 5.91 Å². The normalized spacial score (nSPS) is 10.0. The summed E-state index contributed by atoms with van der Waals surface area (Å²) in [6.45, 7) is 2.83. The predicted molar refractivity (Wildman–Crippen MR) is 79.5 cm³/mol. The van der Waals surface area contributed by atoms with E-state index in [1.54, 1.807) is 36.4 Å². The van der Waals surface area contributed by atoms with Gasteiger partial charge in [0.1, 0.15) is 5.69 Å². The smallest absolute Gasteiger partial charge is 0.272 e. The number of hydrogen-bond donors (Lipinski definition) is 3. The first-order valence-corrected chi connectivity index (χ1v) is 6.34. The Labute approximate surface area is 121 Å². The molecule has 21 heavy (non-hydrogen) atoms. The summed E-state index contributed by atoms with van der Waals surface area (Å²) in [7, 11) is 0. The molecule has 1 aromatic carbocycles. The summed E-state index contributed by atoms with van der Waals surface area (Å²) in [5.41, 5.74) is 1.82. The largest absolute Gasteiger partial charge is 0.348 e. The first kappa shape index (κ1) is 14.5. The number of Topliss-reactive ketones (excluding diaryl/α,β-unsaturated/α-hetero) is 1. The molecule has 0 radical (unpaired) electrons. The number of carbonyl (C=O) groups is 3. The maximum absolute atomic E-state index is 12.0. The van der Waals surface area contributed by atoms with Crippen molar-refractivity contribution in [2.45, 2.75) is 13.8 Å². The number of H-pyrrole nitrogens is 1. The topological polar surface area (TPSA) is 91.1 Å². The zero-order valence-electron chi connectivity index (χ0n) is 11.7. The molecule has 6 heteroatoms. The number of rotatable bonds is 4. The Hall–Kier alpha value is -2.89. The molecule has 1 aromatic heterocycles. The molecule has 108 valence electrons. The summed E-state index contributed by atoms with van der Waals surface area (Å²) in [4.78, 5) is 37.0. The lowest BCUT2D eigenvalue weighted by Gasteiger charge is -2.07. The molecule has 0 bridgehead atoms. The summed E-state index contributed by atoms with van der Waals surface area (Å²) in [5.74, 6) is -0.682. The van der Waals surface area contributed by atoms with Crippen molar-refractivity contribution in [2.75, 3.05) is 10.6 Å². The van der Waals surface area contributed by atoms with Crippen LogP contribution in [0.15, 0.2) is 36.4 Å². The molecular weight excluding hydrogens is 270 g/mol. The van der Waals surface area contributed by atoms with E-state index in [1.807, 2.05) is 0 Å². The SMILES string of the molecule is CC(=O)Nc1cccc(NC(=O)c2ccc(C(C)=O)[nH]2)c1. The third kappa shape index (κ3) is 3.79. The van der Waals surface area contributed by atoms with Gasteiger partial charge in [-0.1, -0.05) is 6.07 Å². The van der Waals surface area contributed by atoms with Crippen molar-refractivity contribution in [1.29, 1.82) is 0 Å². The second-order valence-corrected chi connectivity index (χ2v) is 4.56. The van der Waals surface area contributed by atoms with E-state index in [9.17, 15) is 14.4 Å². The van der Waals surface area contributed by atoms with E-state index < -0.39 is 0 Å². The van der Waals surface area contributed by atoms with Crippen molar-refractivity contribution in [3.8, 4) is 0 Å². The molecule has 0 atom stereocenters. The fourth-order valence-electron chi connectivity index (χ4n) is 1.81.